The van der Waals surface area contributed by atoms with E-state index in [1.807, 2.05) is 32.0 Å². The number of benzene rings is 1. The molecule has 0 spiro atoms. The van der Waals surface area contributed by atoms with E-state index >= 15 is 0 Å². The Bertz CT molecular complexity index is 580. The standard InChI is InChI=1S/C14H19NO3S/c1-3-15(12-8-9-19(17,18)10-12)14(16)13-7-5-4-6-11(13)2/h4-7,12H,3,8-10H2,1-2H3. The highest BCUT2D eigenvalue weighted by atomic mass is 32.2. The van der Waals surface area contributed by atoms with Gasteiger partial charge in [-0.3, -0.25) is 4.79 Å². The van der Waals surface area contributed by atoms with E-state index in [2.05, 4.69) is 0 Å². The molecule has 1 saturated heterocycles. The van der Waals surface area contributed by atoms with Gasteiger partial charge in [-0.25, -0.2) is 8.42 Å². The summed E-state index contributed by atoms with van der Waals surface area (Å²) in [6.45, 7) is 4.32. The van der Waals surface area contributed by atoms with Crippen molar-refractivity contribution in [2.45, 2.75) is 26.3 Å². The number of hydrogen-bond acceptors (Lipinski definition) is 3. The summed E-state index contributed by atoms with van der Waals surface area (Å²) in [5.41, 5.74) is 1.58. The first-order valence-corrected chi connectivity index (χ1v) is 8.34. The van der Waals surface area contributed by atoms with Gasteiger partial charge in [-0.05, 0) is 31.9 Å². The number of carbonyl (C=O) groups excluding carboxylic acids is 1. The number of nitrogens with zero attached hydrogens (tertiary/aromatic N) is 1. The lowest BCUT2D eigenvalue weighted by atomic mass is 10.1. The summed E-state index contributed by atoms with van der Waals surface area (Å²) in [6, 6.07) is 7.24. The van der Waals surface area contributed by atoms with Gasteiger partial charge in [0.1, 0.15) is 0 Å². The molecule has 0 bridgehead atoms. The Kier molecular flexibility index (Phi) is 3.94. The van der Waals surface area contributed by atoms with E-state index in [0.717, 1.165) is 5.56 Å². The first kappa shape index (κ1) is 14.1. The van der Waals surface area contributed by atoms with Crippen LogP contribution in [0.2, 0.25) is 0 Å². The van der Waals surface area contributed by atoms with Gasteiger partial charge in [-0.1, -0.05) is 18.2 Å². The van der Waals surface area contributed by atoms with Crippen molar-refractivity contribution in [2.75, 3.05) is 18.1 Å². The number of sulfone groups is 1. The van der Waals surface area contributed by atoms with Crippen molar-refractivity contribution in [3.05, 3.63) is 35.4 Å². The predicted molar refractivity (Wildman–Crippen MR) is 74.9 cm³/mol. The molecule has 1 aromatic rings. The van der Waals surface area contributed by atoms with E-state index in [1.165, 1.54) is 0 Å². The molecular formula is C14H19NO3S. The zero-order chi connectivity index (χ0) is 14.0. The van der Waals surface area contributed by atoms with Gasteiger partial charge < -0.3 is 4.90 Å². The lowest BCUT2D eigenvalue weighted by Crippen LogP contribution is -2.41. The number of rotatable bonds is 3. The van der Waals surface area contributed by atoms with Crippen molar-refractivity contribution in [1.82, 2.24) is 4.90 Å². The van der Waals surface area contributed by atoms with Crippen molar-refractivity contribution >= 4 is 15.7 Å². The number of aryl methyl sites for hydroxylation is 1. The summed E-state index contributed by atoms with van der Waals surface area (Å²) in [4.78, 5) is 14.2. The third-order valence-corrected chi connectivity index (χ3v) is 5.38. The van der Waals surface area contributed by atoms with Crippen LogP contribution in [-0.2, 0) is 9.84 Å². The van der Waals surface area contributed by atoms with E-state index in [0.29, 0.717) is 18.5 Å². The predicted octanol–water partition coefficient (Wildman–Crippen LogP) is 1.64. The zero-order valence-corrected chi connectivity index (χ0v) is 12.1. The molecule has 1 aromatic carbocycles. The van der Waals surface area contributed by atoms with Gasteiger partial charge in [0.25, 0.3) is 5.91 Å². The molecule has 5 heteroatoms. The Morgan fingerprint density at radius 2 is 2.05 bits per heavy atom. The van der Waals surface area contributed by atoms with E-state index < -0.39 is 9.84 Å². The molecule has 1 atom stereocenters. The molecule has 19 heavy (non-hydrogen) atoms. The fourth-order valence-corrected chi connectivity index (χ4v) is 4.29. The maximum absolute atomic E-state index is 12.5. The van der Waals surface area contributed by atoms with Gasteiger partial charge in [-0.15, -0.1) is 0 Å². The highest BCUT2D eigenvalue weighted by Gasteiger charge is 2.34. The first-order valence-electron chi connectivity index (χ1n) is 6.51. The second-order valence-corrected chi connectivity index (χ2v) is 7.19. The molecule has 0 radical (unpaired) electrons. The van der Waals surface area contributed by atoms with Crippen molar-refractivity contribution in [1.29, 1.82) is 0 Å². The Hall–Kier alpha value is -1.36. The summed E-state index contributed by atoms with van der Waals surface area (Å²) in [5.74, 6) is 0.218. The highest BCUT2D eigenvalue weighted by molar-refractivity contribution is 7.91. The average Bonchev–Trinajstić information content (AvgIpc) is 2.71. The monoisotopic (exact) mass is 281 g/mol. The lowest BCUT2D eigenvalue weighted by molar-refractivity contribution is 0.0707. The summed E-state index contributed by atoms with van der Waals surface area (Å²) in [6.07, 6.45) is 0.549. The summed E-state index contributed by atoms with van der Waals surface area (Å²) in [7, 11) is -2.97. The Morgan fingerprint density at radius 1 is 1.37 bits per heavy atom. The number of carbonyl (C=O) groups is 1. The van der Waals surface area contributed by atoms with E-state index in [-0.39, 0.29) is 23.5 Å². The van der Waals surface area contributed by atoms with Crippen molar-refractivity contribution in [3.8, 4) is 0 Å². The molecule has 1 fully saturated rings. The quantitative estimate of drug-likeness (QED) is 0.846. The summed E-state index contributed by atoms with van der Waals surface area (Å²) in [5, 5.41) is 0. The van der Waals surface area contributed by atoms with Crippen LogP contribution in [0.4, 0.5) is 0 Å². The molecule has 1 amide bonds. The van der Waals surface area contributed by atoms with E-state index in [4.69, 9.17) is 0 Å². The fraction of sp³-hybridized carbons (Fsp3) is 0.500. The van der Waals surface area contributed by atoms with E-state index in [1.54, 1.807) is 11.0 Å². The van der Waals surface area contributed by atoms with Crippen LogP contribution in [0.25, 0.3) is 0 Å². The molecule has 0 N–H and O–H groups in total. The smallest absolute Gasteiger partial charge is 0.254 e. The second kappa shape index (κ2) is 5.33. The van der Waals surface area contributed by atoms with Gasteiger partial charge in [0, 0.05) is 18.2 Å². The minimum absolute atomic E-state index is 0.0669. The van der Waals surface area contributed by atoms with Gasteiger partial charge in [0.15, 0.2) is 9.84 Å². The molecule has 0 aromatic heterocycles. The van der Waals surface area contributed by atoms with Crippen LogP contribution in [0.5, 0.6) is 0 Å². The topological polar surface area (TPSA) is 54.5 Å². The average molecular weight is 281 g/mol. The third-order valence-electron chi connectivity index (χ3n) is 3.63. The molecule has 1 aliphatic heterocycles. The molecule has 2 rings (SSSR count). The SMILES string of the molecule is CCN(C(=O)c1ccccc1C)C1CCS(=O)(=O)C1. The maximum atomic E-state index is 12.5. The lowest BCUT2D eigenvalue weighted by Gasteiger charge is -2.27. The van der Waals surface area contributed by atoms with Crippen molar-refractivity contribution < 1.29 is 13.2 Å². The largest absolute Gasteiger partial charge is 0.335 e. The maximum Gasteiger partial charge on any atom is 0.254 e. The van der Waals surface area contributed by atoms with Crippen LogP contribution in [0.3, 0.4) is 0 Å². The molecular weight excluding hydrogens is 262 g/mol. The van der Waals surface area contributed by atoms with Gasteiger partial charge in [-0.2, -0.15) is 0 Å². The Morgan fingerprint density at radius 3 is 2.58 bits per heavy atom. The van der Waals surface area contributed by atoms with Crippen molar-refractivity contribution in [3.63, 3.8) is 0 Å². The summed E-state index contributed by atoms with van der Waals surface area (Å²) < 4.78 is 23.1. The second-order valence-electron chi connectivity index (χ2n) is 4.96. The molecule has 0 aliphatic carbocycles. The first-order chi connectivity index (χ1) is 8.94. The zero-order valence-electron chi connectivity index (χ0n) is 11.3. The van der Waals surface area contributed by atoms with Crippen LogP contribution in [0.1, 0.15) is 29.3 Å². The number of amides is 1. The number of hydrogen-bond donors (Lipinski definition) is 0. The molecule has 4 nitrogen and oxygen atoms in total. The van der Waals surface area contributed by atoms with Crippen LogP contribution in [-0.4, -0.2) is 43.3 Å². The minimum atomic E-state index is -2.97. The van der Waals surface area contributed by atoms with Crippen LogP contribution in [0.15, 0.2) is 24.3 Å². The van der Waals surface area contributed by atoms with Gasteiger partial charge in [0.2, 0.25) is 0 Å². The van der Waals surface area contributed by atoms with Crippen LogP contribution < -0.4 is 0 Å². The molecule has 104 valence electrons. The molecule has 0 saturated carbocycles. The normalized spacial score (nSPS) is 21.3. The van der Waals surface area contributed by atoms with E-state index in [9.17, 15) is 13.2 Å². The summed E-state index contributed by atoms with van der Waals surface area (Å²) >= 11 is 0. The molecule has 1 unspecified atom stereocenters. The van der Waals surface area contributed by atoms with Crippen LogP contribution >= 0.6 is 0 Å². The van der Waals surface area contributed by atoms with Gasteiger partial charge in [0.05, 0.1) is 11.5 Å². The minimum Gasteiger partial charge on any atom is -0.335 e. The Labute approximate surface area is 114 Å². The Balaban J connectivity index is 2.24. The van der Waals surface area contributed by atoms with Gasteiger partial charge >= 0.3 is 0 Å². The fourth-order valence-electron chi connectivity index (χ4n) is 2.56. The van der Waals surface area contributed by atoms with Crippen molar-refractivity contribution in [2.24, 2.45) is 0 Å². The van der Waals surface area contributed by atoms with Crippen LogP contribution in [0, 0.1) is 6.92 Å². The highest BCUT2D eigenvalue weighted by Crippen LogP contribution is 2.20. The third kappa shape index (κ3) is 2.97. The molecule has 1 heterocycles. The molecule has 1 aliphatic rings.